The highest BCUT2D eigenvalue weighted by atomic mass is 32.2. The Labute approximate surface area is 145 Å². The molecule has 0 bridgehead atoms. The van der Waals surface area contributed by atoms with Gasteiger partial charge in [0.15, 0.2) is 4.34 Å². The van der Waals surface area contributed by atoms with Crippen LogP contribution in [0.4, 0.5) is 24.0 Å². The summed E-state index contributed by atoms with van der Waals surface area (Å²) < 4.78 is 39.4. The van der Waals surface area contributed by atoms with E-state index in [1.165, 1.54) is 34.9 Å². The molecule has 0 aliphatic heterocycles. The minimum absolute atomic E-state index is 0.0767. The number of thioether (sulfide) groups is 1. The fourth-order valence-corrected chi connectivity index (χ4v) is 3.88. The molecule has 1 aromatic heterocycles. The monoisotopic (exact) mass is 376 g/mol. The van der Waals surface area contributed by atoms with Crippen molar-refractivity contribution in [1.82, 2.24) is 15.1 Å². The number of halogens is 3. The van der Waals surface area contributed by atoms with Crippen LogP contribution < -0.4 is 5.32 Å². The number of anilines is 2. The predicted octanol–water partition coefficient (Wildman–Crippen LogP) is 3.87. The Kier molecular flexibility index (Phi) is 5.70. The summed E-state index contributed by atoms with van der Waals surface area (Å²) in [6.07, 6.45) is -4.46. The molecule has 10 heteroatoms. The molecule has 0 fully saturated rings. The number of amides is 1. The molecule has 1 heterocycles. The van der Waals surface area contributed by atoms with Gasteiger partial charge in [0.25, 0.3) is 0 Å². The van der Waals surface area contributed by atoms with Crippen LogP contribution in [0.15, 0.2) is 28.6 Å². The van der Waals surface area contributed by atoms with Gasteiger partial charge in [0.2, 0.25) is 11.0 Å². The standard InChI is InChI=1S/C14H15F3N4OS2/c1-8(11(22)21(2)3)23-13-20-19-12(24-13)18-10-7-5-4-6-9(10)14(15,16)17/h4-8H,1-3H3,(H,18,19)/t8-/m1/s1. The molecule has 0 saturated carbocycles. The van der Waals surface area contributed by atoms with Gasteiger partial charge < -0.3 is 10.2 Å². The smallest absolute Gasteiger partial charge is 0.348 e. The summed E-state index contributed by atoms with van der Waals surface area (Å²) in [6, 6.07) is 5.15. The highest BCUT2D eigenvalue weighted by molar-refractivity contribution is 8.02. The largest absolute Gasteiger partial charge is 0.418 e. The van der Waals surface area contributed by atoms with Gasteiger partial charge in [-0.15, -0.1) is 10.2 Å². The van der Waals surface area contributed by atoms with Gasteiger partial charge in [-0.3, -0.25) is 4.79 Å². The van der Waals surface area contributed by atoms with Gasteiger partial charge in [-0.2, -0.15) is 13.2 Å². The van der Waals surface area contributed by atoms with Crippen LogP contribution >= 0.6 is 23.1 Å². The first-order valence-electron chi connectivity index (χ1n) is 6.83. The van der Waals surface area contributed by atoms with Gasteiger partial charge in [0, 0.05) is 14.1 Å². The molecule has 1 atom stereocenters. The molecule has 0 spiro atoms. The fraction of sp³-hybridized carbons (Fsp3) is 0.357. The number of para-hydroxylation sites is 1. The van der Waals surface area contributed by atoms with E-state index in [9.17, 15) is 18.0 Å². The molecule has 5 nitrogen and oxygen atoms in total. The summed E-state index contributed by atoms with van der Waals surface area (Å²) in [6.45, 7) is 1.74. The number of rotatable bonds is 5. The van der Waals surface area contributed by atoms with Crippen LogP contribution in [-0.4, -0.2) is 40.3 Å². The number of carbonyl (C=O) groups is 1. The number of hydrogen-bond donors (Lipinski definition) is 1. The highest BCUT2D eigenvalue weighted by Gasteiger charge is 2.33. The third-order valence-corrected chi connectivity index (χ3v) is 4.96. The second kappa shape index (κ2) is 7.39. The van der Waals surface area contributed by atoms with Crippen LogP contribution in [0.3, 0.4) is 0 Å². The normalized spacial score (nSPS) is 12.8. The summed E-state index contributed by atoms with van der Waals surface area (Å²) in [5.41, 5.74) is -0.860. The van der Waals surface area contributed by atoms with Crippen molar-refractivity contribution in [3.8, 4) is 0 Å². The summed E-state index contributed by atoms with van der Waals surface area (Å²) >= 11 is 2.31. The maximum Gasteiger partial charge on any atom is 0.418 e. The molecule has 130 valence electrons. The molecule has 1 aromatic carbocycles. The Hall–Kier alpha value is -1.81. The SMILES string of the molecule is C[C@@H](Sc1nnc(Nc2ccccc2C(F)(F)F)s1)C(=O)N(C)C. The maximum atomic E-state index is 13.0. The van der Waals surface area contributed by atoms with Gasteiger partial charge in [0.1, 0.15) is 0 Å². The quantitative estimate of drug-likeness (QED) is 0.803. The van der Waals surface area contributed by atoms with Crippen molar-refractivity contribution in [3.63, 3.8) is 0 Å². The van der Waals surface area contributed by atoms with E-state index in [0.717, 1.165) is 17.4 Å². The average Bonchev–Trinajstić information content (AvgIpc) is 2.92. The van der Waals surface area contributed by atoms with Crippen molar-refractivity contribution in [3.05, 3.63) is 29.8 Å². The van der Waals surface area contributed by atoms with Crippen molar-refractivity contribution in [1.29, 1.82) is 0 Å². The summed E-state index contributed by atoms with van der Waals surface area (Å²) in [5.74, 6) is -0.0767. The molecule has 2 aromatic rings. The third kappa shape index (κ3) is 4.60. The third-order valence-electron chi connectivity index (χ3n) is 2.95. The zero-order chi connectivity index (χ0) is 17.9. The molecular weight excluding hydrogens is 361 g/mol. The molecule has 0 aliphatic carbocycles. The Bertz CT molecular complexity index is 718. The Balaban J connectivity index is 2.12. The molecule has 0 radical (unpaired) electrons. The number of nitrogens with one attached hydrogen (secondary N) is 1. The Morgan fingerprint density at radius 2 is 1.96 bits per heavy atom. The number of aromatic nitrogens is 2. The van der Waals surface area contributed by atoms with Crippen molar-refractivity contribution >= 4 is 39.8 Å². The van der Waals surface area contributed by atoms with Crippen LogP contribution in [0, 0.1) is 0 Å². The molecule has 1 N–H and O–H groups in total. The maximum absolute atomic E-state index is 13.0. The van der Waals surface area contributed by atoms with Crippen LogP contribution in [0.5, 0.6) is 0 Å². The summed E-state index contributed by atoms with van der Waals surface area (Å²) in [4.78, 5) is 13.3. The van der Waals surface area contributed by atoms with Gasteiger partial charge in [0.05, 0.1) is 16.5 Å². The van der Waals surface area contributed by atoms with E-state index >= 15 is 0 Å². The van der Waals surface area contributed by atoms with Crippen LogP contribution in [0.25, 0.3) is 0 Å². The summed E-state index contributed by atoms with van der Waals surface area (Å²) in [7, 11) is 3.31. The first-order chi connectivity index (χ1) is 11.2. The van der Waals surface area contributed by atoms with Crippen molar-refractivity contribution in [2.24, 2.45) is 0 Å². The van der Waals surface area contributed by atoms with E-state index in [2.05, 4.69) is 15.5 Å². The van der Waals surface area contributed by atoms with Crippen molar-refractivity contribution < 1.29 is 18.0 Å². The minimum Gasteiger partial charge on any atom is -0.348 e. The van der Waals surface area contributed by atoms with E-state index in [1.807, 2.05) is 0 Å². The molecule has 2 rings (SSSR count). The fourth-order valence-electron chi connectivity index (χ4n) is 1.83. The topological polar surface area (TPSA) is 58.1 Å². The number of carbonyl (C=O) groups excluding carboxylic acids is 1. The Morgan fingerprint density at radius 1 is 1.29 bits per heavy atom. The number of alkyl halides is 3. The predicted molar refractivity (Wildman–Crippen MR) is 88.6 cm³/mol. The van der Waals surface area contributed by atoms with Crippen LogP contribution in [0.2, 0.25) is 0 Å². The second-order valence-electron chi connectivity index (χ2n) is 5.03. The van der Waals surface area contributed by atoms with Crippen LogP contribution in [0.1, 0.15) is 12.5 Å². The molecule has 0 unspecified atom stereocenters. The van der Waals surface area contributed by atoms with Crippen LogP contribution in [-0.2, 0) is 11.0 Å². The van der Waals surface area contributed by atoms with Gasteiger partial charge in [-0.25, -0.2) is 0 Å². The first-order valence-corrected chi connectivity index (χ1v) is 8.52. The zero-order valence-electron chi connectivity index (χ0n) is 13.1. The number of nitrogens with zero attached hydrogens (tertiary/aromatic N) is 3. The molecule has 24 heavy (non-hydrogen) atoms. The van der Waals surface area contributed by atoms with E-state index in [0.29, 0.717) is 4.34 Å². The molecule has 0 aliphatic rings. The lowest BCUT2D eigenvalue weighted by Gasteiger charge is -2.14. The van der Waals surface area contributed by atoms with Crippen molar-refractivity contribution in [2.45, 2.75) is 22.7 Å². The molecule has 1 amide bonds. The first kappa shape index (κ1) is 18.5. The Morgan fingerprint density at radius 3 is 2.58 bits per heavy atom. The molecular formula is C14H15F3N4OS2. The zero-order valence-corrected chi connectivity index (χ0v) is 14.7. The average molecular weight is 376 g/mol. The van der Waals surface area contributed by atoms with Gasteiger partial charge in [-0.05, 0) is 19.1 Å². The molecule has 0 saturated heterocycles. The van der Waals surface area contributed by atoms with Crippen molar-refractivity contribution in [2.75, 3.05) is 19.4 Å². The lowest BCUT2D eigenvalue weighted by molar-refractivity contribution is -0.137. The number of benzene rings is 1. The van der Waals surface area contributed by atoms with Gasteiger partial charge >= 0.3 is 6.18 Å². The van der Waals surface area contributed by atoms with E-state index in [4.69, 9.17) is 0 Å². The minimum atomic E-state index is -4.46. The lowest BCUT2D eigenvalue weighted by Crippen LogP contribution is -2.29. The van der Waals surface area contributed by atoms with E-state index in [-0.39, 0.29) is 22.0 Å². The summed E-state index contributed by atoms with van der Waals surface area (Å²) in [5, 5.41) is 10.3. The highest BCUT2D eigenvalue weighted by Crippen LogP contribution is 2.37. The van der Waals surface area contributed by atoms with E-state index in [1.54, 1.807) is 21.0 Å². The van der Waals surface area contributed by atoms with Gasteiger partial charge in [-0.1, -0.05) is 35.2 Å². The number of hydrogen-bond acceptors (Lipinski definition) is 6. The van der Waals surface area contributed by atoms with E-state index < -0.39 is 11.7 Å². The second-order valence-corrected chi connectivity index (χ2v) is 7.60. The lowest BCUT2D eigenvalue weighted by atomic mass is 10.2.